The molecule has 0 amide bonds. The van der Waals surface area contributed by atoms with Crippen LogP contribution in [0.15, 0.2) is 43.6 Å². The molecule has 0 aromatic heterocycles. The van der Waals surface area contributed by atoms with E-state index >= 15 is 0 Å². The number of allylic oxidation sites excluding steroid dienone is 8. The van der Waals surface area contributed by atoms with Gasteiger partial charge in [0.1, 0.15) is 0 Å². The van der Waals surface area contributed by atoms with E-state index in [0.29, 0.717) is 0 Å². The van der Waals surface area contributed by atoms with Gasteiger partial charge in [0.25, 0.3) is 0 Å². The summed E-state index contributed by atoms with van der Waals surface area (Å²) in [6, 6.07) is 0. The van der Waals surface area contributed by atoms with Crippen molar-refractivity contribution in [2.24, 2.45) is 0 Å². The van der Waals surface area contributed by atoms with Crippen LogP contribution in [0.4, 0.5) is 0 Å². The standard InChI is InChI=1S/2C5H4.BH2O2.3O.3Sn/c2*1-2-4-5-3-1;2-1-3;;;;;;/h2*1-4H;2-3H;;;;;;. The van der Waals surface area contributed by atoms with Gasteiger partial charge in [-0.05, 0) is 0 Å². The second kappa shape index (κ2) is 9.64. The molecule has 0 aliphatic heterocycles. The molecule has 19 heavy (non-hydrogen) atoms. The van der Waals surface area contributed by atoms with Crippen molar-refractivity contribution < 1.29 is 19.3 Å². The van der Waals surface area contributed by atoms with E-state index < -0.39 is 62.0 Å². The van der Waals surface area contributed by atoms with Crippen molar-refractivity contribution in [1.29, 1.82) is 0 Å². The van der Waals surface area contributed by atoms with E-state index in [0.717, 1.165) is 7.18 Å². The molecule has 2 aliphatic rings. The van der Waals surface area contributed by atoms with Crippen molar-refractivity contribution in [3.05, 3.63) is 43.6 Å². The van der Waals surface area contributed by atoms with Crippen molar-refractivity contribution in [1.82, 2.24) is 0 Å². The summed E-state index contributed by atoms with van der Waals surface area (Å²) in [4.78, 5) is 0. The van der Waals surface area contributed by atoms with Crippen LogP contribution in [-0.4, -0.2) is 79.7 Å². The Labute approximate surface area is 139 Å². The van der Waals surface area contributed by atoms with Crippen LogP contribution in [0.1, 0.15) is 0 Å². The molecule has 2 atom stereocenters. The van der Waals surface area contributed by atoms with Gasteiger partial charge in [0.2, 0.25) is 0 Å². The Hall–Kier alpha value is 0.741. The Balaban J connectivity index is 0.000000550. The molecule has 2 N–H and O–H groups in total. The molecule has 2 aliphatic carbocycles. The minimum atomic E-state index is -2.81. The first-order valence-electron chi connectivity index (χ1n) is 5.36. The van der Waals surface area contributed by atoms with Gasteiger partial charge in [0, 0.05) is 0 Å². The predicted molar refractivity (Wildman–Crippen MR) is 71.5 cm³/mol. The third-order valence-corrected chi connectivity index (χ3v) is 11.6. The van der Waals surface area contributed by atoms with Crippen molar-refractivity contribution >= 4 is 69.7 Å². The summed E-state index contributed by atoms with van der Waals surface area (Å²) in [6.07, 6.45) is 11.4. The maximum atomic E-state index is 12.3. The van der Waals surface area contributed by atoms with Gasteiger partial charge in [-0.3, -0.25) is 0 Å². The van der Waals surface area contributed by atoms with E-state index in [1.807, 2.05) is 36.5 Å². The number of hydrogen-bond donors (Lipinski definition) is 2. The Morgan fingerprint density at radius 2 is 1.37 bits per heavy atom. The zero-order valence-corrected chi connectivity index (χ0v) is 18.4. The molecule has 2 rings (SSSR count). The average Bonchev–Trinajstić information content (AvgIpc) is 3.08. The Morgan fingerprint density at radius 3 is 1.63 bits per heavy atom. The van der Waals surface area contributed by atoms with Crippen LogP contribution >= 0.6 is 0 Å². The summed E-state index contributed by atoms with van der Waals surface area (Å²) in [6.45, 7) is 0. The fourth-order valence-corrected chi connectivity index (χ4v) is 11.7. The first kappa shape index (κ1) is 17.8. The molecule has 2 unspecified atom stereocenters. The Morgan fingerprint density at radius 1 is 1.00 bits per heavy atom. The van der Waals surface area contributed by atoms with Gasteiger partial charge < -0.3 is 10.0 Å². The summed E-state index contributed by atoms with van der Waals surface area (Å²) in [5.41, 5.74) is 0. The summed E-state index contributed by atoms with van der Waals surface area (Å²) < 4.78 is 35.8. The summed E-state index contributed by atoms with van der Waals surface area (Å²) in [7, 11) is 0. The summed E-state index contributed by atoms with van der Waals surface area (Å²) in [5.74, 6) is 0. The number of rotatable bonds is 4. The SMILES string of the molecule is O[B]O.[O]=[Sn][C]1=C[CH]([Sn](=[O])[CH]2C=C[C]([Sn]=[O])=C2)C=C1. The second-order valence-corrected chi connectivity index (χ2v) is 14.3. The molecule has 0 aromatic rings. The van der Waals surface area contributed by atoms with E-state index in [2.05, 4.69) is 0 Å². The van der Waals surface area contributed by atoms with E-state index in [9.17, 15) is 9.23 Å². The van der Waals surface area contributed by atoms with E-state index in [-0.39, 0.29) is 15.6 Å². The molecule has 0 bridgehead atoms. The third kappa shape index (κ3) is 5.56. The van der Waals surface area contributed by atoms with Crippen molar-refractivity contribution in [2.45, 2.75) is 7.87 Å². The Bertz CT molecular complexity index is 455. The quantitative estimate of drug-likeness (QED) is 0.447. The molecule has 0 spiro atoms. The van der Waals surface area contributed by atoms with E-state index in [4.69, 9.17) is 10.0 Å². The van der Waals surface area contributed by atoms with Crippen molar-refractivity contribution in [2.75, 3.05) is 0 Å². The van der Waals surface area contributed by atoms with Gasteiger partial charge in [-0.15, -0.1) is 0 Å². The summed E-state index contributed by atoms with van der Waals surface area (Å²) in [5, 5.41) is 14.0. The molecule has 0 aromatic carbocycles. The zero-order chi connectivity index (χ0) is 14.3. The zero-order valence-electron chi connectivity index (χ0n) is 9.82. The van der Waals surface area contributed by atoms with Crippen LogP contribution < -0.4 is 0 Å². The van der Waals surface area contributed by atoms with Gasteiger partial charge in [-0.25, -0.2) is 0 Å². The summed E-state index contributed by atoms with van der Waals surface area (Å²) >= 11 is -6.05. The Kier molecular flexibility index (Phi) is 9.02. The molecule has 9 heteroatoms. The van der Waals surface area contributed by atoms with Crippen LogP contribution in [0.2, 0.25) is 7.87 Å². The van der Waals surface area contributed by atoms with Crippen LogP contribution in [-0.2, 0) is 9.23 Å². The fraction of sp³-hybridized carbons (Fsp3) is 0.200. The normalized spacial score (nSPS) is 23.1. The average molecular weight is 577 g/mol. The maximum absolute atomic E-state index is 12.3. The van der Waals surface area contributed by atoms with E-state index in [1.54, 1.807) is 0 Å². The molecule has 0 saturated heterocycles. The van der Waals surface area contributed by atoms with Crippen LogP contribution in [0.25, 0.3) is 0 Å². The van der Waals surface area contributed by atoms with Crippen LogP contribution in [0.5, 0.6) is 0 Å². The second-order valence-electron chi connectivity index (χ2n) is 3.74. The molecule has 5 nitrogen and oxygen atoms in total. The van der Waals surface area contributed by atoms with Gasteiger partial charge in [0.05, 0.1) is 0 Å². The minimum absolute atomic E-state index is 0. The molecular formula is C10H10BO5Sn3. The fourth-order valence-electron chi connectivity index (χ4n) is 1.74. The van der Waals surface area contributed by atoms with Crippen molar-refractivity contribution in [3.8, 4) is 0 Å². The van der Waals surface area contributed by atoms with Crippen LogP contribution in [0.3, 0.4) is 0 Å². The molecule has 95 valence electrons. The molecular weight excluding hydrogens is 567 g/mol. The number of hydrogen-bond acceptors (Lipinski definition) is 5. The third-order valence-electron chi connectivity index (χ3n) is 2.58. The molecule has 3 radical (unpaired) electrons. The monoisotopic (exact) mass is 581 g/mol. The van der Waals surface area contributed by atoms with Gasteiger partial charge >= 0.3 is 130 Å². The van der Waals surface area contributed by atoms with Gasteiger partial charge in [-0.2, -0.15) is 0 Å². The van der Waals surface area contributed by atoms with Crippen molar-refractivity contribution in [3.63, 3.8) is 0 Å². The van der Waals surface area contributed by atoms with Gasteiger partial charge in [-0.1, -0.05) is 0 Å². The van der Waals surface area contributed by atoms with E-state index in [1.165, 1.54) is 0 Å². The first-order chi connectivity index (χ1) is 9.15. The van der Waals surface area contributed by atoms with Crippen LogP contribution in [0, 0.1) is 0 Å². The molecule has 0 heterocycles. The first-order valence-corrected chi connectivity index (χ1v) is 15.0. The topological polar surface area (TPSA) is 91.7 Å². The van der Waals surface area contributed by atoms with Gasteiger partial charge in [0.15, 0.2) is 0 Å². The predicted octanol–water partition coefficient (Wildman–Crippen LogP) is -0.339. The molecule has 0 fully saturated rings. The molecule has 0 saturated carbocycles.